The first-order valence-electron chi connectivity index (χ1n) is 7.13. The summed E-state index contributed by atoms with van der Waals surface area (Å²) in [5.74, 6) is 1.09. The molecule has 0 unspecified atom stereocenters. The number of rotatable bonds is 4. The Morgan fingerprint density at radius 2 is 2.00 bits per heavy atom. The van der Waals surface area contributed by atoms with Crippen molar-refractivity contribution in [3.8, 4) is 11.5 Å². The number of hydrogen-bond donors (Lipinski definition) is 1. The van der Waals surface area contributed by atoms with Gasteiger partial charge in [-0.3, -0.25) is 4.79 Å². The summed E-state index contributed by atoms with van der Waals surface area (Å²) in [5.41, 5.74) is 8.49. The highest BCUT2D eigenvalue weighted by atomic mass is 16.5. The van der Waals surface area contributed by atoms with Crippen molar-refractivity contribution < 1.29 is 14.3 Å². The van der Waals surface area contributed by atoms with Crippen molar-refractivity contribution in [3.63, 3.8) is 0 Å². The summed E-state index contributed by atoms with van der Waals surface area (Å²) >= 11 is 0. The minimum absolute atomic E-state index is 0.0331. The molecule has 0 saturated carbocycles. The number of nitrogens with zero attached hydrogens (tertiary/aromatic N) is 1. The quantitative estimate of drug-likeness (QED) is 0.879. The van der Waals surface area contributed by atoms with Crippen LogP contribution in [-0.2, 0) is 11.2 Å². The second-order valence-electron chi connectivity index (χ2n) is 5.12. The third-order valence-corrected chi connectivity index (χ3v) is 3.73. The molecule has 0 aromatic heterocycles. The van der Waals surface area contributed by atoms with Gasteiger partial charge in [0, 0.05) is 17.9 Å². The van der Waals surface area contributed by atoms with E-state index in [1.807, 2.05) is 30.3 Å². The van der Waals surface area contributed by atoms with Crippen molar-refractivity contribution in [3.05, 3.63) is 48.0 Å². The summed E-state index contributed by atoms with van der Waals surface area (Å²) < 4.78 is 10.8. The Balaban J connectivity index is 1.70. The summed E-state index contributed by atoms with van der Waals surface area (Å²) in [4.78, 5) is 14.1. The third kappa shape index (κ3) is 2.70. The van der Waals surface area contributed by atoms with Gasteiger partial charge < -0.3 is 20.1 Å². The molecule has 2 aromatic carbocycles. The van der Waals surface area contributed by atoms with E-state index in [-0.39, 0.29) is 12.5 Å². The minimum Gasteiger partial charge on any atom is -0.493 e. The molecule has 22 heavy (non-hydrogen) atoms. The zero-order valence-corrected chi connectivity index (χ0v) is 12.4. The molecule has 0 atom stereocenters. The van der Waals surface area contributed by atoms with Crippen LogP contribution in [0.2, 0.25) is 0 Å². The minimum atomic E-state index is -0.0877. The molecule has 2 aromatic rings. The number of ether oxygens (including phenoxy) is 2. The van der Waals surface area contributed by atoms with Gasteiger partial charge in [0.1, 0.15) is 0 Å². The molecule has 1 aliphatic heterocycles. The van der Waals surface area contributed by atoms with Gasteiger partial charge in [0.2, 0.25) is 0 Å². The maximum atomic E-state index is 12.4. The number of fused-ring (bicyclic) bond motifs is 1. The maximum Gasteiger partial charge on any atom is 0.264 e. The largest absolute Gasteiger partial charge is 0.493 e. The number of methoxy groups -OCH3 is 1. The number of anilines is 2. The molecule has 1 heterocycles. The van der Waals surface area contributed by atoms with Crippen molar-refractivity contribution in [1.82, 2.24) is 0 Å². The summed E-state index contributed by atoms with van der Waals surface area (Å²) in [6.45, 7) is 0.627. The number of para-hydroxylation sites is 2. The van der Waals surface area contributed by atoms with Gasteiger partial charge in [0.25, 0.3) is 5.91 Å². The molecule has 5 heteroatoms. The van der Waals surface area contributed by atoms with Crippen LogP contribution in [0, 0.1) is 0 Å². The van der Waals surface area contributed by atoms with Crippen molar-refractivity contribution >= 4 is 17.3 Å². The lowest BCUT2D eigenvalue weighted by Gasteiger charge is -2.18. The van der Waals surface area contributed by atoms with Crippen LogP contribution in [0.15, 0.2) is 42.5 Å². The summed E-state index contributed by atoms with van der Waals surface area (Å²) in [5, 5.41) is 0. The van der Waals surface area contributed by atoms with Gasteiger partial charge in [-0.15, -0.1) is 0 Å². The average molecular weight is 298 g/mol. The summed E-state index contributed by atoms with van der Waals surface area (Å²) in [7, 11) is 1.57. The van der Waals surface area contributed by atoms with E-state index in [2.05, 4.69) is 0 Å². The molecular weight excluding hydrogens is 280 g/mol. The number of amides is 1. The normalized spacial score (nSPS) is 12.9. The Kier molecular flexibility index (Phi) is 3.87. The Morgan fingerprint density at radius 3 is 2.77 bits per heavy atom. The molecule has 0 aliphatic carbocycles. The van der Waals surface area contributed by atoms with E-state index in [1.165, 1.54) is 0 Å². The zero-order valence-electron chi connectivity index (χ0n) is 12.4. The predicted molar refractivity (Wildman–Crippen MR) is 85.4 cm³/mol. The highest BCUT2D eigenvalue weighted by molar-refractivity contribution is 5.97. The van der Waals surface area contributed by atoms with E-state index in [4.69, 9.17) is 15.2 Å². The van der Waals surface area contributed by atoms with Gasteiger partial charge in [-0.25, -0.2) is 0 Å². The standard InChI is InChI=1S/C17H18N2O3/c1-21-15-4-2-3-5-16(15)22-11-17(20)19-9-8-12-6-7-13(18)10-14(12)19/h2-7,10H,8-9,11,18H2,1H3. The van der Waals surface area contributed by atoms with Crippen LogP contribution >= 0.6 is 0 Å². The van der Waals surface area contributed by atoms with Crippen LogP contribution in [-0.4, -0.2) is 26.2 Å². The summed E-state index contributed by atoms with van der Waals surface area (Å²) in [6, 6.07) is 12.9. The molecule has 0 bridgehead atoms. The number of nitrogens with two attached hydrogens (primary N) is 1. The van der Waals surface area contributed by atoms with Crippen LogP contribution in [0.3, 0.4) is 0 Å². The van der Waals surface area contributed by atoms with Gasteiger partial charge in [0.15, 0.2) is 18.1 Å². The molecule has 2 N–H and O–H groups in total. The highest BCUT2D eigenvalue weighted by Crippen LogP contribution is 2.30. The van der Waals surface area contributed by atoms with Crippen LogP contribution in [0.5, 0.6) is 11.5 Å². The van der Waals surface area contributed by atoms with Gasteiger partial charge in [-0.2, -0.15) is 0 Å². The molecule has 1 amide bonds. The first-order valence-corrected chi connectivity index (χ1v) is 7.13. The fraction of sp³-hybridized carbons (Fsp3) is 0.235. The Bertz CT molecular complexity index is 700. The molecule has 114 valence electrons. The van der Waals surface area contributed by atoms with Crippen LogP contribution in [0.4, 0.5) is 11.4 Å². The molecule has 0 saturated heterocycles. The van der Waals surface area contributed by atoms with E-state index >= 15 is 0 Å². The van der Waals surface area contributed by atoms with E-state index in [9.17, 15) is 4.79 Å². The van der Waals surface area contributed by atoms with Crippen molar-refractivity contribution in [2.45, 2.75) is 6.42 Å². The van der Waals surface area contributed by atoms with Gasteiger partial charge in [0.05, 0.1) is 7.11 Å². The maximum absolute atomic E-state index is 12.4. The molecule has 5 nitrogen and oxygen atoms in total. The third-order valence-electron chi connectivity index (χ3n) is 3.73. The highest BCUT2D eigenvalue weighted by Gasteiger charge is 2.25. The number of hydrogen-bond acceptors (Lipinski definition) is 4. The lowest BCUT2D eigenvalue weighted by molar-refractivity contribution is -0.120. The van der Waals surface area contributed by atoms with Crippen molar-refractivity contribution in [2.24, 2.45) is 0 Å². The van der Waals surface area contributed by atoms with E-state index in [0.29, 0.717) is 23.7 Å². The summed E-state index contributed by atoms with van der Waals surface area (Å²) in [6.07, 6.45) is 0.843. The molecule has 0 fully saturated rings. The fourth-order valence-electron chi connectivity index (χ4n) is 2.61. The van der Waals surface area contributed by atoms with E-state index in [0.717, 1.165) is 17.7 Å². The monoisotopic (exact) mass is 298 g/mol. The second-order valence-corrected chi connectivity index (χ2v) is 5.12. The molecule has 0 spiro atoms. The van der Waals surface area contributed by atoms with Gasteiger partial charge in [-0.1, -0.05) is 18.2 Å². The number of carbonyl (C=O) groups excluding carboxylic acids is 1. The SMILES string of the molecule is COc1ccccc1OCC(=O)N1CCc2ccc(N)cc21. The number of benzene rings is 2. The van der Waals surface area contributed by atoms with Crippen LogP contribution in [0.1, 0.15) is 5.56 Å². The van der Waals surface area contributed by atoms with E-state index in [1.54, 1.807) is 24.1 Å². The number of carbonyl (C=O) groups is 1. The lowest BCUT2D eigenvalue weighted by atomic mass is 10.1. The Morgan fingerprint density at radius 1 is 1.23 bits per heavy atom. The second kappa shape index (κ2) is 5.97. The van der Waals surface area contributed by atoms with Crippen LogP contribution in [0.25, 0.3) is 0 Å². The number of nitrogen functional groups attached to an aromatic ring is 1. The topological polar surface area (TPSA) is 64.8 Å². The van der Waals surface area contributed by atoms with Gasteiger partial charge in [-0.05, 0) is 36.2 Å². The van der Waals surface area contributed by atoms with E-state index < -0.39 is 0 Å². The molecule has 0 radical (unpaired) electrons. The molecule has 3 rings (SSSR count). The smallest absolute Gasteiger partial charge is 0.264 e. The first kappa shape index (κ1) is 14.3. The lowest BCUT2D eigenvalue weighted by Crippen LogP contribution is -2.33. The van der Waals surface area contributed by atoms with Crippen molar-refractivity contribution in [2.75, 3.05) is 30.9 Å². The van der Waals surface area contributed by atoms with Gasteiger partial charge >= 0.3 is 0 Å². The zero-order chi connectivity index (χ0) is 15.5. The Labute approximate surface area is 129 Å². The first-order chi connectivity index (χ1) is 10.7. The molecular formula is C17H18N2O3. The predicted octanol–water partition coefficient (Wildman–Crippen LogP) is 2.25. The Hall–Kier alpha value is -2.69. The van der Waals surface area contributed by atoms with Crippen molar-refractivity contribution in [1.29, 1.82) is 0 Å². The average Bonchev–Trinajstić information content (AvgIpc) is 2.95. The van der Waals surface area contributed by atoms with Crippen LogP contribution < -0.4 is 20.1 Å². The molecule has 1 aliphatic rings. The fourth-order valence-corrected chi connectivity index (χ4v) is 2.61.